The molecule has 0 amide bonds. The molecule has 76 valence electrons. The van der Waals surface area contributed by atoms with E-state index in [-0.39, 0.29) is 5.75 Å². The summed E-state index contributed by atoms with van der Waals surface area (Å²) in [7, 11) is 0. The first-order valence-corrected chi connectivity index (χ1v) is 4.18. The summed E-state index contributed by atoms with van der Waals surface area (Å²) in [5.41, 5.74) is 5.19. The third-order valence-electron chi connectivity index (χ3n) is 2.25. The van der Waals surface area contributed by atoms with Crippen LogP contribution in [0.3, 0.4) is 0 Å². The lowest BCUT2D eigenvalue weighted by Gasteiger charge is -2.20. The van der Waals surface area contributed by atoms with Crippen molar-refractivity contribution in [3.8, 4) is 5.75 Å². The number of aromatic hydroxyl groups is 1. The number of aliphatic carboxylic acids is 1. The van der Waals surface area contributed by atoms with Gasteiger partial charge in [0, 0.05) is 0 Å². The summed E-state index contributed by atoms with van der Waals surface area (Å²) in [6, 6.07) is 4.62. The summed E-state index contributed by atoms with van der Waals surface area (Å²) < 4.78 is 0. The fourth-order valence-electron chi connectivity index (χ4n) is 1.06. The highest BCUT2D eigenvalue weighted by Gasteiger charge is 2.30. The van der Waals surface area contributed by atoms with E-state index in [0.717, 1.165) is 0 Å². The lowest BCUT2D eigenvalue weighted by atomic mass is 9.92. The second-order valence-electron chi connectivity index (χ2n) is 3.51. The Hall–Kier alpha value is -1.55. The Morgan fingerprint density at radius 1 is 1.50 bits per heavy atom. The van der Waals surface area contributed by atoms with Gasteiger partial charge >= 0.3 is 5.97 Å². The van der Waals surface area contributed by atoms with Crippen molar-refractivity contribution in [3.63, 3.8) is 0 Å². The summed E-state index contributed by atoms with van der Waals surface area (Å²) in [5, 5.41) is 18.2. The summed E-state index contributed by atoms with van der Waals surface area (Å²) in [6.45, 7) is 3.12. The van der Waals surface area contributed by atoms with Crippen molar-refractivity contribution in [3.05, 3.63) is 29.3 Å². The monoisotopic (exact) mass is 195 g/mol. The van der Waals surface area contributed by atoms with Gasteiger partial charge in [-0.05, 0) is 31.0 Å². The summed E-state index contributed by atoms with van der Waals surface area (Å²) >= 11 is 0. The van der Waals surface area contributed by atoms with Crippen LogP contribution in [0.15, 0.2) is 18.2 Å². The summed E-state index contributed by atoms with van der Waals surface area (Å²) in [6.07, 6.45) is 0. The summed E-state index contributed by atoms with van der Waals surface area (Å²) in [5.74, 6) is -1.07. The van der Waals surface area contributed by atoms with Crippen LogP contribution in [-0.2, 0) is 10.3 Å². The lowest BCUT2D eigenvalue weighted by molar-refractivity contribution is -0.143. The quantitative estimate of drug-likeness (QED) is 0.656. The minimum Gasteiger partial charge on any atom is -0.508 e. The first kappa shape index (κ1) is 10.5. The Morgan fingerprint density at radius 2 is 2.07 bits per heavy atom. The molecule has 0 bridgehead atoms. The molecule has 1 aromatic rings. The number of rotatable bonds is 2. The largest absolute Gasteiger partial charge is 0.508 e. The van der Waals surface area contributed by atoms with E-state index in [4.69, 9.17) is 10.8 Å². The standard InChI is InChI=1S/C10H13NO3/c1-6-3-4-7(5-8(6)12)10(2,11)9(13)14/h3-5,12H,11H2,1-2H3,(H,13,14)/t10-/m1/s1. The van der Waals surface area contributed by atoms with E-state index >= 15 is 0 Å². The van der Waals surface area contributed by atoms with E-state index in [1.165, 1.54) is 13.0 Å². The molecule has 0 radical (unpaired) electrons. The Balaban J connectivity index is 3.21. The maximum Gasteiger partial charge on any atom is 0.328 e. The highest BCUT2D eigenvalue weighted by atomic mass is 16.4. The average molecular weight is 195 g/mol. The molecule has 0 saturated carbocycles. The first-order chi connectivity index (χ1) is 6.35. The molecule has 4 nitrogen and oxygen atoms in total. The Kier molecular flexibility index (Phi) is 2.49. The topological polar surface area (TPSA) is 83.6 Å². The third kappa shape index (κ3) is 1.70. The number of carbonyl (C=O) groups is 1. The number of nitrogens with two attached hydrogens (primary N) is 1. The predicted molar refractivity (Wildman–Crippen MR) is 52.0 cm³/mol. The van der Waals surface area contributed by atoms with E-state index in [2.05, 4.69) is 0 Å². The normalized spacial score (nSPS) is 14.8. The van der Waals surface area contributed by atoms with Crippen LogP contribution in [0, 0.1) is 6.92 Å². The molecule has 4 N–H and O–H groups in total. The van der Waals surface area contributed by atoms with Crippen LogP contribution < -0.4 is 5.73 Å². The van der Waals surface area contributed by atoms with Gasteiger partial charge in [-0.15, -0.1) is 0 Å². The minimum atomic E-state index is -1.47. The second kappa shape index (κ2) is 3.31. The van der Waals surface area contributed by atoms with Gasteiger partial charge in [0.2, 0.25) is 0 Å². The maximum absolute atomic E-state index is 10.8. The Bertz CT molecular complexity index is 372. The number of hydrogen-bond donors (Lipinski definition) is 3. The molecule has 0 aliphatic heterocycles. The van der Waals surface area contributed by atoms with Crippen LogP contribution in [0.5, 0.6) is 5.75 Å². The van der Waals surface area contributed by atoms with Crippen LogP contribution in [0.4, 0.5) is 0 Å². The van der Waals surface area contributed by atoms with Crippen molar-refractivity contribution in [2.24, 2.45) is 5.73 Å². The van der Waals surface area contributed by atoms with Crippen LogP contribution in [0.25, 0.3) is 0 Å². The molecule has 1 atom stereocenters. The molecular formula is C10H13NO3. The molecule has 14 heavy (non-hydrogen) atoms. The molecule has 0 fully saturated rings. The fourth-order valence-corrected chi connectivity index (χ4v) is 1.06. The van der Waals surface area contributed by atoms with Gasteiger partial charge in [-0.1, -0.05) is 12.1 Å². The molecule has 0 aromatic heterocycles. The van der Waals surface area contributed by atoms with Gasteiger partial charge in [0.05, 0.1) is 0 Å². The predicted octanol–water partition coefficient (Wildman–Crippen LogP) is 0.959. The molecule has 4 heteroatoms. The van der Waals surface area contributed by atoms with Crippen molar-refractivity contribution in [2.75, 3.05) is 0 Å². The van der Waals surface area contributed by atoms with E-state index in [1.54, 1.807) is 19.1 Å². The van der Waals surface area contributed by atoms with Crippen molar-refractivity contribution >= 4 is 5.97 Å². The van der Waals surface area contributed by atoms with E-state index < -0.39 is 11.5 Å². The SMILES string of the molecule is Cc1ccc([C@@](C)(N)C(=O)O)cc1O. The van der Waals surface area contributed by atoms with Crippen molar-refractivity contribution < 1.29 is 15.0 Å². The van der Waals surface area contributed by atoms with E-state index in [1.807, 2.05) is 0 Å². The Labute approximate surface area is 82.0 Å². The zero-order chi connectivity index (χ0) is 10.9. The molecule has 0 aliphatic carbocycles. The van der Waals surface area contributed by atoms with E-state index in [0.29, 0.717) is 11.1 Å². The van der Waals surface area contributed by atoms with E-state index in [9.17, 15) is 9.90 Å². The Morgan fingerprint density at radius 3 is 2.50 bits per heavy atom. The molecule has 0 saturated heterocycles. The van der Waals surface area contributed by atoms with Crippen molar-refractivity contribution in [1.82, 2.24) is 0 Å². The van der Waals surface area contributed by atoms with Crippen LogP contribution in [0.1, 0.15) is 18.1 Å². The number of benzene rings is 1. The van der Waals surface area contributed by atoms with Gasteiger partial charge in [0.15, 0.2) is 0 Å². The zero-order valence-electron chi connectivity index (χ0n) is 8.11. The molecule has 0 heterocycles. The molecule has 0 unspecified atom stereocenters. The first-order valence-electron chi connectivity index (χ1n) is 4.18. The van der Waals surface area contributed by atoms with Gasteiger partial charge in [-0.25, -0.2) is 4.79 Å². The smallest absolute Gasteiger partial charge is 0.328 e. The van der Waals surface area contributed by atoms with Gasteiger partial charge in [-0.3, -0.25) is 0 Å². The maximum atomic E-state index is 10.8. The number of phenolic OH excluding ortho intramolecular Hbond substituents is 1. The van der Waals surface area contributed by atoms with Gasteiger partial charge < -0.3 is 15.9 Å². The molecule has 0 aliphatic rings. The van der Waals surface area contributed by atoms with Gasteiger partial charge in [0.25, 0.3) is 0 Å². The van der Waals surface area contributed by atoms with Crippen LogP contribution >= 0.6 is 0 Å². The summed E-state index contributed by atoms with van der Waals surface area (Å²) in [4.78, 5) is 10.8. The van der Waals surface area contributed by atoms with Crippen LogP contribution in [0.2, 0.25) is 0 Å². The fraction of sp³-hybridized carbons (Fsp3) is 0.300. The number of hydrogen-bond acceptors (Lipinski definition) is 3. The van der Waals surface area contributed by atoms with Gasteiger partial charge in [-0.2, -0.15) is 0 Å². The number of carboxylic acids is 1. The van der Waals surface area contributed by atoms with Gasteiger partial charge in [0.1, 0.15) is 11.3 Å². The molecule has 0 spiro atoms. The highest BCUT2D eigenvalue weighted by molar-refractivity contribution is 5.80. The second-order valence-corrected chi connectivity index (χ2v) is 3.51. The molecule has 1 rings (SSSR count). The number of phenols is 1. The van der Waals surface area contributed by atoms with Crippen molar-refractivity contribution in [2.45, 2.75) is 19.4 Å². The number of carboxylic acid groups (broad SMARTS) is 1. The number of aryl methyl sites for hydroxylation is 1. The average Bonchev–Trinajstić information content (AvgIpc) is 2.09. The minimum absolute atomic E-state index is 0.0559. The molecule has 1 aromatic carbocycles. The van der Waals surface area contributed by atoms with Crippen molar-refractivity contribution in [1.29, 1.82) is 0 Å². The zero-order valence-corrected chi connectivity index (χ0v) is 8.11. The third-order valence-corrected chi connectivity index (χ3v) is 2.25. The molecular weight excluding hydrogens is 182 g/mol. The highest BCUT2D eigenvalue weighted by Crippen LogP contribution is 2.24. The lowest BCUT2D eigenvalue weighted by Crippen LogP contribution is -2.41. The van der Waals surface area contributed by atoms with Crippen LogP contribution in [-0.4, -0.2) is 16.2 Å².